The monoisotopic (exact) mass is 454 g/mol. The van der Waals surface area contributed by atoms with Gasteiger partial charge in [-0.05, 0) is 50.5 Å². The second-order valence-corrected chi connectivity index (χ2v) is 7.91. The van der Waals surface area contributed by atoms with E-state index in [1.54, 1.807) is 12.1 Å². The third-order valence-electron chi connectivity index (χ3n) is 5.14. The molecule has 0 aliphatic rings. The standard InChI is InChI=1S/C24H23ClN2O5/c1-3-6-21-20(26-23(31-21)16-7-4-5-8-18(16)25)12-11-19-17-10-9-15(13-22(17)32-27-19)30-14(2)24(28)29/h4-5,7-10,13-14H,3,6,11-12H2,1-2H3,(H,28,29). The van der Waals surface area contributed by atoms with Crippen LogP contribution in [0.2, 0.25) is 5.02 Å². The lowest BCUT2D eigenvalue weighted by Crippen LogP contribution is -2.22. The first kappa shape index (κ1) is 21.9. The van der Waals surface area contributed by atoms with Crippen LogP contribution in [0, 0.1) is 0 Å². The van der Waals surface area contributed by atoms with Crippen molar-refractivity contribution in [3.05, 3.63) is 64.6 Å². The first-order chi connectivity index (χ1) is 15.5. The van der Waals surface area contributed by atoms with Crippen molar-refractivity contribution < 1.29 is 23.6 Å². The van der Waals surface area contributed by atoms with Crippen LogP contribution in [-0.4, -0.2) is 27.3 Å². The van der Waals surface area contributed by atoms with Gasteiger partial charge in [-0.2, -0.15) is 0 Å². The molecule has 0 bridgehead atoms. The fraction of sp³-hybridized carbons (Fsp3) is 0.292. The summed E-state index contributed by atoms with van der Waals surface area (Å²) in [6.07, 6.45) is 2.03. The number of carbonyl (C=O) groups is 1. The van der Waals surface area contributed by atoms with Gasteiger partial charge in [0.1, 0.15) is 11.5 Å². The molecule has 8 heteroatoms. The van der Waals surface area contributed by atoms with Crippen molar-refractivity contribution in [2.24, 2.45) is 0 Å². The van der Waals surface area contributed by atoms with Crippen LogP contribution < -0.4 is 4.74 Å². The molecule has 0 radical (unpaired) electrons. The van der Waals surface area contributed by atoms with Crippen LogP contribution in [0.4, 0.5) is 0 Å². The number of hydrogen-bond acceptors (Lipinski definition) is 6. The van der Waals surface area contributed by atoms with Gasteiger partial charge in [0.05, 0.1) is 22.0 Å². The van der Waals surface area contributed by atoms with Crippen LogP contribution in [0.15, 0.2) is 51.4 Å². The molecule has 4 rings (SSSR count). The molecule has 0 aliphatic carbocycles. The molecule has 0 aliphatic heterocycles. The third kappa shape index (κ3) is 4.62. The average molecular weight is 455 g/mol. The lowest BCUT2D eigenvalue weighted by Gasteiger charge is -2.09. The molecule has 0 saturated carbocycles. The average Bonchev–Trinajstić information content (AvgIpc) is 3.36. The molecule has 0 saturated heterocycles. The van der Waals surface area contributed by atoms with Gasteiger partial charge in [0.2, 0.25) is 5.89 Å². The van der Waals surface area contributed by atoms with Crippen LogP contribution in [-0.2, 0) is 24.1 Å². The normalized spacial score (nSPS) is 12.2. The van der Waals surface area contributed by atoms with E-state index in [0.29, 0.717) is 35.1 Å². The molecule has 2 heterocycles. The van der Waals surface area contributed by atoms with Crippen molar-refractivity contribution >= 4 is 28.5 Å². The minimum atomic E-state index is -1.03. The van der Waals surface area contributed by atoms with E-state index in [1.165, 1.54) is 6.92 Å². The van der Waals surface area contributed by atoms with Gasteiger partial charge in [-0.1, -0.05) is 35.8 Å². The smallest absolute Gasteiger partial charge is 0.344 e. The van der Waals surface area contributed by atoms with Crippen LogP contribution in [0.25, 0.3) is 22.4 Å². The summed E-state index contributed by atoms with van der Waals surface area (Å²) >= 11 is 6.32. The van der Waals surface area contributed by atoms with E-state index in [9.17, 15) is 4.79 Å². The quantitative estimate of drug-likeness (QED) is 0.345. The van der Waals surface area contributed by atoms with Crippen molar-refractivity contribution in [2.45, 2.75) is 45.6 Å². The number of halogens is 1. The second kappa shape index (κ2) is 9.44. The first-order valence-corrected chi connectivity index (χ1v) is 10.8. The highest BCUT2D eigenvalue weighted by atomic mass is 35.5. The number of hydrogen-bond donors (Lipinski definition) is 1. The number of ether oxygens (including phenoxy) is 1. The highest BCUT2D eigenvalue weighted by molar-refractivity contribution is 6.33. The number of aryl methyl sites for hydroxylation is 3. The Bertz CT molecular complexity index is 1250. The molecule has 2 aromatic carbocycles. The van der Waals surface area contributed by atoms with E-state index in [2.05, 4.69) is 12.1 Å². The van der Waals surface area contributed by atoms with Crippen molar-refractivity contribution in [1.29, 1.82) is 0 Å². The Morgan fingerprint density at radius 2 is 1.94 bits per heavy atom. The molecule has 2 aromatic heterocycles. The topological polar surface area (TPSA) is 98.6 Å². The Hall–Kier alpha value is -3.32. The summed E-state index contributed by atoms with van der Waals surface area (Å²) in [6, 6.07) is 12.7. The molecular formula is C24H23ClN2O5. The predicted octanol–water partition coefficient (Wildman–Crippen LogP) is 5.73. The van der Waals surface area contributed by atoms with E-state index in [0.717, 1.165) is 40.9 Å². The molecule has 1 N–H and O–H groups in total. The van der Waals surface area contributed by atoms with E-state index in [-0.39, 0.29) is 0 Å². The Labute approximate surface area is 189 Å². The summed E-state index contributed by atoms with van der Waals surface area (Å²) in [7, 11) is 0. The molecule has 4 aromatic rings. The highest BCUT2D eigenvalue weighted by Crippen LogP contribution is 2.30. The SMILES string of the molecule is CCCc1oc(-c2ccccc2Cl)nc1CCc1noc2cc(OC(C)C(=O)O)ccc12. The zero-order chi connectivity index (χ0) is 22.7. The van der Waals surface area contributed by atoms with Gasteiger partial charge >= 0.3 is 5.97 Å². The van der Waals surface area contributed by atoms with E-state index in [1.807, 2.05) is 30.3 Å². The van der Waals surface area contributed by atoms with E-state index >= 15 is 0 Å². The van der Waals surface area contributed by atoms with Crippen LogP contribution in [0.1, 0.15) is 37.4 Å². The number of benzene rings is 2. The number of fused-ring (bicyclic) bond motifs is 1. The van der Waals surface area contributed by atoms with Gasteiger partial charge in [0.25, 0.3) is 0 Å². The Balaban J connectivity index is 1.54. The number of aromatic nitrogens is 2. The van der Waals surface area contributed by atoms with Crippen molar-refractivity contribution in [3.63, 3.8) is 0 Å². The van der Waals surface area contributed by atoms with Crippen LogP contribution in [0.3, 0.4) is 0 Å². The Kier molecular flexibility index (Phi) is 6.46. The van der Waals surface area contributed by atoms with Crippen LogP contribution >= 0.6 is 11.6 Å². The molecule has 0 amide bonds. The number of rotatable bonds is 9. The molecule has 166 valence electrons. The van der Waals surface area contributed by atoms with E-state index in [4.69, 9.17) is 35.4 Å². The van der Waals surface area contributed by atoms with Gasteiger partial charge in [-0.15, -0.1) is 0 Å². The lowest BCUT2D eigenvalue weighted by atomic mass is 10.1. The molecule has 0 fully saturated rings. The zero-order valence-electron chi connectivity index (χ0n) is 17.8. The molecule has 1 unspecified atom stereocenters. The van der Waals surface area contributed by atoms with E-state index < -0.39 is 12.1 Å². The third-order valence-corrected chi connectivity index (χ3v) is 5.47. The summed E-state index contributed by atoms with van der Waals surface area (Å²) < 4.78 is 16.9. The summed E-state index contributed by atoms with van der Waals surface area (Å²) in [6.45, 7) is 3.57. The summed E-state index contributed by atoms with van der Waals surface area (Å²) in [4.78, 5) is 15.7. The van der Waals surface area contributed by atoms with Gasteiger partial charge in [-0.3, -0.25) is 0 Å². The number of carboxylic acid groups (broad SMARTS) is 1. The molecule has 7 nitrogen and oxygen atoms in total. The Morgan fingerprint density at radius 1 is 1.16 bits per heavy atom. The number of aliphatic carboxylic acids is 1. The van der Waals surface area contributed by atoms with Crippen LogP contribution in [0.5, 0.6) is 5.75 Å². The maximum absolute atomic E-state index is 11.0. The Morgan fingerprint density at radius 3 is 2.69 bits per heavy atom. The summed E-state index contributed by atoms with van der Waals surface area (Å²) in [5, 5.41) is 14.7. The summed E-state index contributed by atoms with van der Waals surface area (Å²) in [5.41, 5.74) is 2.99. The van der Waals surface area contributed by atoms with Gasteiger partial charge in [-0.25, -0.2) is 9.78 Å². The molecular weight excluding hydrogens is 432 g/mol. The lowest BCUT2D eigenvalue weighted by molar-refractivity contribution is -0.144. The minimum absolute atomic E-state index is 0.418. The van der Waals surface area contributed by atoms with Crippen molar-refractivity contribution in [1.82, 2.24) is 10.1 Å². The maximum atomic E-state index is 11.0. The zero-order valence-corrected chi connectivity index (χ0v) is 18.6. The fourth-order valence-electron chi connectivity index (χ4n) is 3.47. The number of oxazole rings is 1. The van der Waals surface area contributed by atoms with Crippen molar-refractivity contribution in [3.8, 4) is 17.2 Å². The second-order valence-electron chi connectivity index (χ2n) is 7.50. The molecule has 32 heavy (non-hydrogen) atoms. The maximum Gasteiger partial charge on any atom is 0.344 e. The number of carboxylic acids is 1. The number of nitrogens with zero attached hydrogens (tertiary/aromatic N) is 2. The largest absolute Gasteiger partial charge is 0.479 e. The fourth-order valence-corrected chi connectivity index (χ4v) is 3.68. The minimum Gasteiger partial charge on any atom is -0.479 e. The highest BCUT2D eigenvalue weighted by Gasteiger charge is 2.18. The molecule has 1 atom stereocenters. The van der Waals surface area contributed by atoms with Gasteiger partial charge < -0.3 is 18.8 Å². The van der Waals surface area contributed by atoms with Crippen molar-refractivity contribution in [2.75, 3.05) is 0 Å². The first-order valence-electron chi connectivity index (χ1n) is 10.5. The van der Waals surface area contributed by atoms with Gasteiger partial charge in [0, 0.05) is 17.9 Å². The molecule has 0 spiro atoms. The van der Waals surface area contributed by atoms with Gasteiger partial charge in [0.15, 0.2) is 11.7 Å². The predicted molar refractivity (Wildman–Crippen MR) is 120 cm³/mol. The summed E-state index contributed by atoms with van der Waals surface area (Å²) in [5.74, 6) is 0.762.